The second-order valence-corrected chi connectivity index (χ2v) is 6.33. The Morgan fingerprint density at radius 2 is 1.76 bits per heavy atom. The van der Waals surface area contributed by atoms with Crippen molar-refractivity contribution in [3.63, 3.8) is 0 Å². The lowest BCUT2D eigenvalue weighted by Crippen LogP contribution is -2.41. The molecule has 1 amide bonds. The van der Waals surface area contributed by atoms with Crippen molar-refractivity contribution < 1.29 is 19.1 Å². The number of ether oxygens (including phenoxy) is 2. The molecule has 0 bridgehead atoms. The topological polar surface area (TPSA) is 55.8 Å². The van der Waals surface area contributed by atoms with Gasteiger partial charge in [0, 0.05) is 12.6 Å². The first-order valence-electron chi connectivity index (χ1n) is 9.30. The highest BCUT2D eigenvalue weighted by molar-refractivity contribution is 5.80. The van der Waals surface area contributed by atoms with Gasteiger partial charge in [0.15, 0.2) is 0 Å². The van der Waals surface area contributed by atoms with Crippen LogP contribution < -0.4 is 4.74 Å². The number of hydrogen-bond acceptors (Lipinski definition) is 4. The van der Waals surface area contributed by atoms with Crippen LogP contribution in [0.1, 0.15) is 51.5 Å². The summed E-state index contributed by atoms with van der Waals surface area (Å²) in [6, 6.07) is 7.90. The van der Waals surface area contributed by atoms with Gasteiger partial charge in [-0.3, -0.25) is 9.59 Å². The molecule has 138 valence electrons. The fourth-order valence-corrected chi connectivity index (χ4v) is 3.32. The van der Waals surface area contributed by atoms with E-state index in [4.69, 9.17) is 9.47 Å². The summed E-state index contributed by atoms with van der Waals surface area (Å²) in [6.07, 6.45) is 4.97. The smallest absolute Gasteiger partial charge is 0.307 e. The fraction of sp³-hybridized carbons (Fsp3) is 0.600. The molecule has 0 aromatic heterocycles. The van der Waals surface area contributed by atoms with Crippen LogP contribution in [0.5, 0.6) is 5.75 Å². The van der Waals surface area contributed by atoms with Crippen LogP contribution in [0.4, 0.5) is 0 Å². The summed E-state index contributed by atoms with van der Waals surface area (Å²) in [5.41, 5.74) is 0.965. The predicted octanol–water partition coefficient (Wildman–Crippen LogP) is 3.35. The zero-order valence-electron chi connectivity index (χ0n) is 15.3. The monoisotopic (exact) mass is 347 g/mol. The normalized spacial score (nSPS) is 14.3. The maximum atomic E-state index is 12.8. The third kappa shape index (κ3) is 6.07. The van der Waals surface area contributed by atoms with Crippen LogP contribution in [0.15, 0.2) is 24.3 Å². The molecule has 5 nitrogen and oxygen atoms in total. The van der Waals surface area contributed by atoms with E-state index in [1.165, 1.54) is 0 Å². The van der Waals surface area contributed by atoms with Gasteiger partial charge in [-0.2, -0.15) is 0 Å². The van der Waals surface area contributed by atoms with E-state index in [1.807, 2.05) is 36.1 Å². The number of rotatable bonds is 9. The number of nitrogens with zero attached hydrogens (tertiary/aromatic N) is 1. The minimum Gasteiger partial charge on any atom is -0.494 e. The van der Waals surface area contributed by atoms with E-state index in [-0.39, 0.29) is 24.3 Å². The Labute approximate surface area is 150 Å². The van der Waals surface area contributed by atoms with Crippen molar-refractivity contribution in [1.29, 1.82) is 0 Å². The molecular weight excluding hydrogens is 318 g/mol. The van der Waals surface area contributed by atoms with E-state index in [1.54, 1.807) is 6.92 Å². The molecule has 0 atom stereocenters. The van der Waals surface area contributed by atoms with Gasteiger partial charge in [-0.25, -0.2) is 0 Å². The third-order valence-electron chi connectivity index (χ3n) is 4.54. The maximum absolute atomic E-state index is 12.8. The summed E-state index contributed by atoms with van der Waals surface area (Å²) in [5.74, 6) is 0.661. The van der Waals surface area contributed by atoms with Crippen LogP contribution in [0.2, 0.25) is 0 Å². The largest absolute Gasteiger partial charge is 0.494 e. The van der Waals surface area contributed by atoms with E-state index in [9.17, 15) is 9.59 Å². The SMILES string of the molecule is CCOC(=O)CCN(C(=O)Cc1ccc(OCC)cc1)C1CCCC1. The summed E-state index contributed by atoms with van der Waals surface area (Å²) < 4.78 is 10.4. The highest BCUT2D eigenvalue weighted by Crippen LogP contribution is 2.24. The number of amides is 1. The van der Waals surface area contributed by atoms with Crippen LogP contribution in [0.3, 0.4) is 0 Å². The van der Waals surface area contributed by atoms with Gasteiger partial charge < -0.3 is 14.4 Å². The van der Waals surface area contributed by atoms with Crippen LogP contribution in [-0.4, -0.2) is 42.6 Å². The van der Waals surface area contributed by atoms with Gasteiger partial charge >= 0.3 is 5.97 Å². The molecule has 2 rings (SSSR count). The summed E-state index contributed by atoms with van der Waals surface area (Å²) in [6.45, 7) is 5.19. The molecule has 0 N–H and O–H groups in total. The molecule has 1 fully saturated rings. The summed E-state index contributed by atoms with van der Waals surface area (Å²) in [5, 5.41) is 0. The Kier molecular flexibility index (Phi) is 7.76. The Bertz CT molecular complexity index is 549. The number of carbonyl (C=O) groups excluding carboxylic acids is 2. The Morgan fingerprint density at radius 3 is 2.36 bits per heavy atom. The summed E-state index contributed by atoms with van der Waals surface area (Å²) in [4.78, 5) is 26.4. The highest BCUT2D eigenvalue weighted by atomic mass is 16.5. The lowest BCUT2D eigenvalue weighted by molar-refractivity contribution is -0.144. The fourth-order valence-electron chi connectivity index (χ4n) is 3.32. The van der Waals surface area contributed by atoms with Crippen LogP contribution in [-0.2, 0) is 20.7 Å². The van der Waals surface area contributed by atoms with Gasteiger partial charge in [0.05, 0.1) is 26.1 Å². The third-order valence-corrected chi connectivity index (χ3v) is 4.54. The van der Waals surface area contributed by atoms with Crippen molar-refractivity contribution >= 4 is 11.9 Å². The van der Waals surface area contributed by atoms with Gasteiger partial charge in [0.25, 0.3) is 0 Å². The molecule has 1 saturated carbocycles. The van der Waals surface area contributed by atoms with E-state index in [2.05, 4.69) is 0 Å². The van der Waals surface area contributed by atoms with Crippen molar-refractivity contribution in [1.82, 2.24) is 4.90 Å². The van der Waals surface area contributed by atoms with E-state index in [0.717, 1.165) is 37.0 Å². The lowest BCUT2D eigenvalue weighted by Gasteiger charge is -2.29. The second-order valence-electron chi connectivity index (χ2n) is 6.33. The maximum Gasteiger partial charge on any atom is 0.307 e. The van der Waals surface area contributed by atoms with E-state index in [0.29, 0.717) is 26.2 Å². The molecule has 1 aliphatic carbocycles. The Morgan fingerprint density at radius 1 is 1.08 bits per heavy atom. The number of carbonyl (C=O) groups is 2. The minimum atomic E-state index is -0.237. The predicted molar refractivity (Wildman–Crippen MR) is 96.5 cm³/mol. The standard InChI is InChI=1S/C20H29NO4/c1-3-24-18-11-9-16(10-12-18)15-19(22)21(17-7-5-6-8-17)14-13-20(23)25-4-2/h9-12,17H,3-8,13-15H2,1-2H3. The van der Waals surface area contributed by atoms with Crippen LogP contribution in [0, 0.1) is 0 Å². The van der Waals surface area contributed by atoms with Crippen molar-refractivity contribution in [3.05, 3.63) is 29.8 Å². The Hall–Kier alpha value is -2.04. The van der Waals surface area contributed by atoms with Gasteiger partial charge in [-0.15, -0.1) is 0 Å². The van der Waals surface area contributed by atoms with Gasteiger partial charge in [-0.1, -0.05) is 25.0 Å². The Balaban J connectivity index is 1.97. The highest BCUT2D eigenvalue weighted by Gasteiger charge is 2.27. The molecule has 0 heterocycles. The zero-order chi connectivity index (χ0) is 18.1. The van der Waals surface area contributed by atoms with Gasteiger partial charge in [-0.05, 0) is 44.4 Å². The average Bonchev–Trinajstić information content (AvgIpc) is 3.11. The zero-order valence-corrected chi connectivity index (χ0v) is 15.3. The van der Waals surface area contributed by atoms with Crippen LogP contribution >= 0.6 is 0 Å². The van der Waals surface area contributed by atoms with Crippen molar-refractivity contribution in [2.24, 2.45) is 0 Å². The van der Waals surface area contributed by atoms with E-state index >= 15 is 0 Å². The second kappa shape index (κ2) is 10.1. The molecule has 0 saturated heterocycles. The molecule has 0 aliphatic heterocycles. The molecular formula is C20H29NO4. The summed E-state index contributed by atoms with van der Waals surface area (Å²) in [7, 11) is 0. The molecule has 0 radical (unpaired) electrons. The average molecular weight is 347 g/mol. The molecule has 5 heteroatoms. The van der Waals surface area contributed by atoms with Crippen molar-refractivity contribution in [2.75, 3.05) is 19.8 Å². The summed E-state index contributed by atoms with van der Waals surface area (Å²) >= 11 is 0. The van der Waals surface area contributed by atoms with Gasteiger partial charge in [0.2, 0.25) is 5.91 Å². The van der Waals surface area contributed by atoms with E-state index < -0.39 is 0 Å². The number of benzene rings is 1. The first kappa shape index (κ1) is 19.3. The van der Waals surface area contributed by atoms with Crippen molar-refractivity contribution in [2.45, 2.75) is 58.4 Å². The molecule has 1 aliphatic rings. The minimum absolute atomic E-state index is 0.0837. The van der Waals surface area contributed by atoms with Crippen molar-refractivity contribution in [3.8, 4) is 5.75 Å². The van der Waals surface area contributed by atoms with Gasteiger partial charge in [0.1, 0.15) is 5.75 Å². The number of esters is 1. The number of hydrogen-bond donors (Lipinski definition) is 0. The van der Waals surface area contributed by atoms with Crippen LogP contribution in [0.25, 0.3) is 0 Å². The molecule has 0 unspecified atom stereocenters. The quantitative estimate of drug-likeness (QED) is 0.643. The first-order chi connectivity index (χ1) is 12.1. The molecule has 1 aromatic rings. The molecule has 25 heavy (non-hydrogen) atoms. The lowest BCUT2D eigenvalue weighted by atomic mass is 10.1. The molecule has 1 aromatic carbocycles. The first-order valence-corrected chi connectivity index (χ1v) is 9.30. The molecule has 0 spiro atoms.